The molecule has 13 heteroatoms. The van der Waals surface area contributed by atoms with Crippen LogP contribution in [0.3, 0.4) is 0 Å². The fourth-order valence-corrected chi connectivity index (χ4v) is 2.33. The minimum absolute atomic E-state index is 0.131. The van der Waals surface area contributed by atoms with Crippen molar-refractivity contribution >= 4 is 34.6 Å². The van der Waals surface area contributed by atoms with E-state index in [2.05, 4.69) is 15.3 Å². The molecule has 0 saturated carbocycles. The van der Waals surface area contributed by atoms with Crippen LogP contribution in [0.4, 0.5) is 36.2 Å². The maximum absolute atomic E-state index is 12.9. The molecule has 9 nitrogen and oxygen atoms in total. The second-order valence-electron chi connectivity index (χ2n) is 5.14. The van der Waals surface area contributed by atoms with Gasteiger partial charge < -0.3 is 10.2 Å². The minimum atomic E-state index is -4.65. The zero-order chi connectivity index (χ0) is 20.9. The highest BCUT2D eigenvalue weighted by atomic mass is 35.5. The van der Waals surface area contributed by atoms with Crippen LogP contribution in [-0.4, -0.2) is 28.0 Å². The Morgan fingerprint density at radius 3 is 2.43 bits per heavy atom. The number of halogens is 4. The molecule has 1 heterocycles. The fourth-order valence-electron chi connectivity index (χ4n) is 2.16. The van der Waals surface area contributed by atoms with Gasteiger partial charge in [-0.25, -0.2) is 9.97 Å². The molecule has 28 heavy (non-hydrogen) atoms. The van der Waals surface area contributed by atoms with Gasteiger partial charge in [-0.2, -0.15) is 23.7 Å². The van der Waals surface area contributed by atoms with Crippen LogP contribution in [0.5, 0.6) is 0 Å². The average Bonchev–Trinajstić information content (AvgIpc) is 2.62. The van der Waals surface area contributed by atoms with E-state index in [0.29, 0.717) is 6.07 Å². The molecular formula is C15H9ClF3N7O2. The van der Waals surface area contributed by atoms with Crippen molar-refractivity contribution in [3.05, 3.63) is 45.2 Å². The van der Waals surface area contributed by atoms with Gasteiger partial charge in [0.2, 0.25) is 11.6 Å². The second-order valence-corrected chi connectivity index (χ2v) is 5.55. The van der Waals surface area contributed by atoms with E-state index in [4.69, 9.17) is 22.1 Å². The van der Waals surface area contributed by atoms with Crippen LogP contribution in [0, 0.1) is 32.8 Å². The number of nitrogens with one attached hydrogen (secondary N) is 1. The molecule has 0 saturated heterocycles. The lowest BCUT2D eigenvalue weighted by molar-refractivity contribution is -0.383. The van der Waals surface area contributed by atoms with Crippen molar-refractivity contribution in [3.8, 4) is 12.1 Å². The third kappa shape index (κ3) is 4.55. The predicted molar refractivity (Wildman–Crippen MR) is 91.9 cm³/mol. The Morgan fingerprint density at radius 2 is 1.89 bits per heavy atom. The number of hydrogen-bond donors (Lipinski definition) is 1. The highest BCUT2D eigenvalue weighted by Gasteiger charge is 2.32. The summed E-state index contributed by atoms with van der Waals surface area (Å²) in [6.45, 7) is -0.760. The van der Waals surface area contributed by atoms with Gasteiger partial charge in [0.15, 0.2) is 0 Å². The molecule has 1 aromatic heterocycles. The smallest absolute Gasteiger partial charge is 0.333 e. The van der Waals surface area contributed by atoms with Crippen LogP contribution in [0.25, 0.3) is 0 Å². The van der Waals surface area contributed by atoms with Crippen LogP contribution >= 0.6 is 11.6 Å². The summed E-state index contributed by atoms with van der Waals surface area (Å²) in [5.41, 5.74) is -2.01. The summed E-state index contributed by atoms with van der Waals surface area (Å²) in [6.07, 6.45) is -3.74. The Balaban J connectivity index is 2.56. The average molecular weight is 412 g/mol. The first-order valence-corrected chi connectivity index (χ1v) is 7.68. The van der Waals surface area contributed by atoms with Gasteiger partial charge in [-0.05, 0) is 18.2 Å². The molecule has 0 bridgehead atoms. The number of benzene rings is 1. The van der Waals surface area contributed by atoms with Crippen LogP contribution < -0.4 is 10.2 Å². The van der Waals surface area contributed by atoms with Crippen LogP contribution in [0.15, 0.2) is 24.5 Å². The molecule has 0 unspecified atom stereocenters. The van der Waals surface area contributed by atoms with Crippen molar-refractivity contribution in [2.45, 2.75) is 6.18 Å². The largest absolute Gasteiger partial charge is 0.416 e. The van der Waals surface area contributed by atoms with Crippen molar-refractivity contribution in [1.29, 1.82) is 10.5 Å². The molecule has 0 amide bonds. The third-order valence-electron chi connectivity index (χ3n) is 3.35. The molecular weight excluding hydrogens is 403 g/mol. The minimum Gasteiger partial charge on any atom is -0.333 e. The quantitative estimate of drug-likeness (QED) is 0.432. The van der Waals surface area contributed by atoms with Gasteiger partial charge >= 0.3 is 11.9 Å². The molecule has 0 aliphatic rings. The number of nitrogens with zero attached hydrogens (tertiary/aromatic N) is 6. The number of nitro groups is 1. The third-order valence-corrected chi connectivity index (χ3v) is 3.68. The van der Waals surface area contributed by atoms with Crippen LogP contribution in [0.1, 0.15) is 5.56 Å². The first-order valence-electron chi connectivity index (χ1n) is 7.31. The molecule has 0 aliphatic heterocycles. The summed E-state index contributed by atoms with van der Waals surface area (Å²) in [7, 11) is 0. The Bertz CT molecular complexity index is 969. The molecule has 1 aromatic carbocycles. The molecule has 1 N–H and O–H groups in total. The molecule has 0 radical (unpaired) electrons. The number of anilines is 3. The maximum Gasteiger partial charge on any atom is 0.416 e. The first-order chi connectivity index (χ1) is 13.2. The van der Waals surface area contributed by atoms with Crippen molar-refractivity contribution in [2.24, 2.45) is 0 Å². The first kappa shape index (κ1) is 20.7. The van der Waals surface area contributed by atoms with Crippen LogP contribution in [0.2, 0.25) is 5.02 Å². The Kier molecular flexibility index (Phi) is 6.18. The van der Waals surface area contributed by atoms with Crippen molar-refractivity contribution in [3.63, 3.8) is 0 Å². The van der Waals surface area contributed by atoms with E-state index in [1.807, 2.05) is 0 Å². The topological polar surface area (TPSA) is 132 Å². The normalized spacial score (nSPS) is 10.6. The highest BCUT2D eigenvalue weighted by molar-refractivity contribution is 6.33. The van der Waals surface area contributed by atoms with Crippen molar-refractivity contribution in [1.82, 2.24) is 9.97 Å². The fraction of sp³-hybridized carbons (Fsp3) is 0.200. The summed E-state index contributed by atoms with van der Waals surface area (Å²) in [4.78, 5) is 19.1. The van der Waals surface area contributed by atoms with E-state index in [1.165, 1.54) is 0 Å². The number of aromatic nitrogens is 2. The summed E-state index contributed by atoms with van der Waals surface area (Å²) in [6, 6.07) is 5.91. The zero-order valence-corrected chi connectivity index (χ0v) is 14.5. The van der Waals surface area contributed by atoms with Gasteiger partial charge in [-0.3, -0.25) is 10.1 Å². The van der Waals surface area contributed by atoms with Gasteiger partial charge in [0.25, 0.3) is 0 Å². The van der Waals surface area contributed by atoms with E-state index < -0.39 is 28.2 Å². The Morgan fingerprint density at radius 1 is 1.25 bits per heavy atom. The molecule has 0 atom stereocenters. The Hall–Kier alpha value is -3.64. The molecule has 0 aliphatic carbocycles. The summed E-state index contributed by atoms with van der Waals surface area (Å²) in [5.74, 6) is -0.786. The summed E-state index contributed by atoms with van der Waals surface area (Å²) >= 11 is 5.89. The van der Waals surface area contributed by atoms with Gasteiger partial charge in [-0.15, -0.1) is 0 Å². The lowest BCUT2D eigenvalue weighted by Crippen LogP contribution is -2.26. The molecule has 2 rings (SSSR count). The van der Waals surface area contributed by atoms with E-state index in [0.717, 1.165) is 23.4 Å². The predicted octanol–water partition coefficient (Wildman–Crippen LogP) is 3.65. The number of rotatable bonds is 6. The maximum atomic E-state index is 12.9. The van der Waals surface area contributed by atoms with Crippen molar-refractivity contribution in [2.75, 3.05) is 23.3 Å². The number of hydrogen-bond acceptors (Lipinski definition) is 8. The monoisotopic (exact) mass is 411 g/mol. The van der Waals surface area contributed by atoms with E-state index >= 15 is 0 Å². The van der Waals surface area contributed by atoms with E-state index in [9.17, 15) is 23.3 Å². The van der Waals surface area contributed by atoms with E-state index in [-0.39, 0.29) is 29.6 Å². The molecule has 0 fully saturated rings. The summed E-state index contributed by atoms with van der Waals surface area (Å²) < 4.78 is 38.7. The Labute approximate surface area is 160 Å². The number of alkyl halides is 3. The van der Waals surface area contributed by atoms with E-state index in [1.54, 1.807) is 12.1 Å². The lowest BCUT2D eigenvalue weighted by atomic mass is 10.2. The molecule has 144 valence electrons. The van der Waals surface area contributed by atoms with Crippen LogP contribution in [-0.2, 0) is 6.18 Å². The van der Waals surface area contributed by atoms with Gasteiger partial charge in [0, 0.05) is 0 Å². The second kappa shape index (κ2) is 8.37. The lowest BCUT2D eigenvalue weighted by Gasteiger charge is -2.18. The number of nitriles is 2. The van der Waals surface area contributed by atoms with Gasteiger partial charge in [0.1, 0.15) is 19.4 Å². The molecule has 0 spiro atoms. The van der Waals surface area contributed by atoms with Gasteiger partial charge in [0.05, 0.1) is 33.3 Å². The standard InChI is InChI=1S/C15H9ClF3N7O2/c16-10-2-1-9(15(17,18)19)7-11(10)24-13-12(26(27)28)14(23-8-22-13)25(5-3-20)6-4-21/h1-2,7-8H,5-6H2,(H,22,23,24). The zero-order valence-electron chi connectivity index (χ0n) is 13.7. The van der Waals surface area contributed by atoms with Crippen molar-refractivity contribution < 1.29 is 18.1 Å². The van der Waals surface area contributed by atoms with Gasteiger partial charge in [-0.1, -0.05) is 11.6 Å². The summed E-state index contributed by atoms with van der Waals surface area (Å²) in [5, 5.41) is 31.5. The molecule has 2 aromatic rings. The highest BCUT2D eigenvalue weighted by Crippen LogP contribution is 2.38. The SMILES string of the molecule is N#CCN(CC#N)c1ncnc(Nc2cc(C(F)(F)F)ccc2Cl)c1[N+](=O)[O-].